The molecule has 2 rings (SSSR count). The van der Waals surface area contributed by atoms with Gasteiger partial charge in [-0.2, -0.15) is 0 Å². The summed E-state index contributed by atoms with van der Waals surface area (Å²) in [5.41, 5.74) is 6.40. The van der Waals surface area contributed by atoms with Crippen molar-refractivity contribution in [1.82, 2.24) is 10.2 Å². The maximum Gasteiger partial charge on any atom is 0.218 e. The predicted molar refractivity (Wildman–Crippen MR) is 86.3 cm³/mol. The highest BCUT2D eigenvalue weighted by molar-refractivity contribution is 6.31. The number of primary amides is 1. The minimum atomic E-state index is -0.273. The summed E-state index contributed by atoms with van der Waals surface area (Å²) in [4.78, 5) is 13.4. The topological polar surface area (TPSA) is 58.4 Å². The molecule has 1 saturated heterocycles. The maximum absolute atomic E-state index is 11.0. The lowest BCUT2D eigenvalue weighted by Gasteiger charge is -2.30. The zero-order valence-corrected chi connectivity index (χ0v) is 13.3. The molecule has 2 atom stereocenters. The van der Waals surface area contributed by atoms with Gasteiger partial charge in [-0.3, -0.25) is 9.69 Å². The van der Waals surface area contributed by atoms with E-state index in [0.717, 1.165) is 30.2 Å². The van der Waals surface area contributed by atoms with Crippen LogP contribution in [0.4, 0.5) is 0 Å². The Morgan fingerprint density at radius 3 is 2.67 bits per heavy atom. The molecule has 0 aliphatic carbocycles. The molecule has 2 unspecified atom stereocenters. The van der Waals surface area contributed by atoms with Crippen LogP contribution in [0.2, 0.25) is 5.02 Å². The van der Waals surface area contributed by atoms with Crippen LogP contribution in [-0.2, 0) is 4.79 Å². The van der Waals surface area contributed by atoms with Crippen molar-refractivity contribution in [1.29, 1.82) is 0 Å². The summed E-state index contributed by atoms with van der Waals surface area (Å²) in [6.07, 6.45) is 2.82. The molecular formula is C16H24ClN3O. The first kappa shape index (κ1) is 16.3. The molecule has 1 aliphatic rings. The Bertz CT molecular complexity index is 474. The number of hydrogen-bond donors (Lipinski definition) is 2. The second kappa shape index (κ2) is 7.78. The van der Waals surface area contributed by atoms with E-state index in [4.69, 9.17) is 17.3 Å². The zero-order chi connectivity index (χ0) is 15.2. The van der Waals surface area contributed by atoms with E-state index in [1.54, 1.807) is 0 Å². The van der Waals surface area contributed by atoms with Gasteiger partial charge >= 0.3 is 0 Å². The van der Waals surface area contributed by atoms with Crippen LogP contribution in [0.25, 0.3) is 0 Å². The monoisotopic (exact) mass is 309 g/mol. The molecule has 1 fully saturated rings. The Morgan fingerprint density at radius 1 is 1.38 bits per heavy atom. The van der Waals surface area contributed by atoms with Gasteiger partial charge in [-0.25, -0.2) is 0 Å². The van der Waals surface area contributed by atoms with E-state index in [1.807, 2.05) is 25.1 Å². The number of likely N-dealkylation sites (tertiary alicyclic amines) is 1. The Balaban J connectivity index is 2.06. The van der Waals surface area contributed by atoms with E-state index in [0.29, 0.717) is 6.42 Å². The van der Waals surface area contributed by atoms with Crippen LogP contribution in [0.5, 0.6) is 0 Å². The fraction of sp³-hybridized carbons (Fsp3) is 0.562. The summed E-state index contributed by atoms with van der Waals surface area (Å²) in [6, 6.07) is 8.33. The lowest BCUT2D eigenvalue weighted by atomic mass is 10.0. The second-order valence-corrected chi connectivity index (χ2v) is 6.17. The number of nitrogens with two attached hydrogens (primary N) is 1. The molecule has 1 aliphatic heterocycles. The van der Waals surface area contributed by atoms with Gasteiger partial charge in [0.05, 0.1) is 0 Å². The van der Waals surface area contributed by atoms with Crippen LogP contribution in [0.3, 0.4) is 0 Å². The third-order valence-corrected chi connectivity index (χ3v) is 4.36. The average molecular weight is 310 g/mol. The molecule has 1 amide bonds. The highest BCUT2D eigenvalue weighted by Gasteiger charge is 2.25. The first-order chi connectivity index (χ1) is 10.1. The molecule has 0 saturated carbocycles. The number of carbonyl (C=O) groups is 1. The van der Waals surface area contributed by atoms with E-state index >= 15 is 0 Å². The van der Waals surface area contributed by atoms with Gasteiger partial charge < -0.3 is 11.1 Å². The van der Waals surface area contributed by atoms with Crippen molar-refractivity contribution in [3.8, 4) is 0 Å². The smallest absolute Gasteiger partial charge is 0.218 e. The number of nitrogens with zero attached hydrogens (tertiary/aromatic N) is 1. The van der Waals surface area contributed by atoms with Crippen LogP contribution in [0.1, 0.15) is 37.8 Å². The normalized spacial score (nSPS) is 18.6. The van der Waals surface area contributed by atoms with Gasteiger partial charge in [0.2, 0.25) is 5.91 Å². The van der Waals surface area contributed by atoms with Crippen molar-refractivity contribution in [3.05, 3.63) is 34.9 Å². The second-order valence-electron chi connectivity index (χ2n) is 5.76. The molecule has 116 valence electrons. The quantitative estimate of drug-likeness (QED) is 0.813. The van der Waals surface area contributed by atoms with E-state index in [1.165, 1.54) is 12.8 Å². The third kappa shape index (κ3) is 4.70. The molecule has 4 nitrogen and oxygen atoms in total. The number of hydrogen-bond acceptors (Lipinski definition) is 3. The van der Waals surface area contributed by atoms with Gasteiger partial charge in [0, 0.05) is 30.1 Å². The largest absolute Gasteiger partial charge is 0.370 e. The number of halogens is 1. The first-order valence-electron chi connectivity index (χ1n) is 7.58. The fourth-order valence-corrected chi connectivity index (χ4v) is 3.18. The summed E-state index contributed by atoms with van der Waals surface area (Å²) in [5.74, 6) is -0.273. The minimum absolute atomic E-state index is 0.0788. The van der Waals surface area contributed by atoms with Gasteiger partial charge in [-0.15, -0.1) is 0 Å². The van der Waals surface area contributed by atoms with Gasteiger partial charge in [0.25, 0.3) is 0 Å². The highest BCUT2D eigenvalue weighted by Crippen LogP contribution is 2.29. The maximum atomic E-state index is 11.0. The minimum Gasteiger partial charge on any atom is -0.370 e. The van der Waals surface area contributed by atoms with Crippen LogP contribution < -0.4 is 11.1 Å². The zero-order valence-electron chi connectivity index (χ0n) is 12.5. The Labute approximate surface area is 131 Å². The Morgan fingerprint density at radius 2 is 2.05 bits per heavy atom. The van der Waals surface area contributed by atoms with Crippen molar-refractivity contribution >= 4 is 17.5 Å². The summed E-state index contributed by atoms with van der Waals surface area (Å²) in [5, 5.41) is 4.22. The van der Waals surface area contributed by atoms with Crippen LogP contribution >= 0.6 is 11.6 Å². The average Bonchev–Trinajstić information content (AvgIpc) is 2.94. The van der Waals surface area contributed by atoms with E-state index in [-0.39, 0.29) is 18.0 Å². The Kier molecular flexibility index (Phi) is 6.03. The van der Waals surface area contributed by atoms with Crippen LogP contribution in [0, 0.1) is 0 Å². The molecule has 1 aromatic rings. The number of amides is 1. The first-order valence-corrected chi connectivity index (χ1v) is 7.96. The number of rotatable bonds is 7. The standard InChI is InChI=1S/C16H24ClN3O/c1-12(10-16(18)21)19-11-15(20-8-4-5-9-20)13-6-2-3-7-14(13)17/h2-3,6-7,12,15,19H,4-5,8-11H2,1H3,(H2,18,21). The van der Waals surface area contributed by atoms with Gasteiger partial charge in [-0.1, -0.05) is 29.8 Å². The van der Waals surface area contributed by atoms with Gasteiger partial charge in [0.1, 0.15) is 0 Å². The molecule has 0 aromatic heterocycles. The van der Waals surface area contributed by atoms with Crippen molar-refractivity contribution in [2.24, 2.45) is 5.73 Å². The predicted octanol–water partition coefficient (Wildman–Crippen LogP) is 2.33. The summed E-state index contributed by atoms with van der Waals surface area (Å²) in [7, 11) is 0. The van der Waals surface area contributed by atoms with Crippen molar-refractivity contribution in [3.63, 3.8) is 0 Å². The summed E-state index contributed by atoms with van der Waals surface area (Å²) >= 11 is 6.37. The molecular weight excluding hydrogens is 286 g/mol. The highest BCUT2D eigenvalue weighted by atomic mass is 35.5. The lowest BCUT2D eigenvalue weighted by molar-refractivity contribution is -0.118. The third-order valence-electron chi connectivity index (χ3n) is 4.01. The Hall–Kier alpha value is -1.10. The SMILES string of the molecule is CC(CC(N)=O)NCC(c1ccccc1Cl)N1CCCC1. The molecule has 0 radical (unpaired) electrons. The lowest BCUT2D eigenvalue weighted by Crippen LogP contribution is -2.39. The van der Waals surface area contributed by atoms with Crippen LogP contribution in [-0.4, -0.2) is 36.5 Å². The van der Waals surface area contributed by atoms with Gasteiger partial charge in [-0.05, 0) is 44.5 Å². The van der Waals surface area contributed by atoms with E-state index in [9.17, 15) is 4.79 Å². The summed E-state index contributed by atoms with van der Waals surface area (Å²) in [6.45, 7) is 4.96. The van der Waals surface area contributed by atoms with Gasteiger partial charge in [0.15, 0.2) is 0 Å². The molecule has 3 N–H and O–H groups in total. The van der Waals surface area contributed by atoms with Crippen LogP contribution in [0.15, 0.2) is 24.3 Å². The van der Waals surface area contributed by atoms with Crippen molar-refractivity contribution in [2.75, 3.05) is 19.6 Å². The molecule has 0 spiro atoms. The van der Waals surface area contributed by atoms with E-state index < -0.39 is 0 Å². The van der Waals surface area contributed by atoms with Crippen molar-refractivity contribution in [2.45, 2.75) is 38.3 Å². The number of carbonyl (C=O) groups excluding carboxylic acids is 1. The molecule has 1 aromatic carbocycles. The molecule has 21 heavy (non-hydrogen) atoms. The van der Waals surface area contributed by atoms with E-state index in [2.05, 4.69) is 16.3 Å². The fourth-order valence-electron chi connectivity index (χ4n) is 2.92. The molecule has 1 heterocycles. The van der Waals surface area contributed by atoms with Crippen molar-refractivity contribution < 1.29 is 4.79 Å². The summed E-state index contributed by atoms with van der Waals surface area (Å²) < 4.78 is 0. The number of nitrogens with one attached hydrogen (secondary N) is 1. The number of benzene rings is 1. The molecule has 0 bridgehead atoms. The molecule has 5 heteroatoms.